The predicted octanol–water partition coefficient (Wildman–Crippen LogP) is 6.07. The highest BCUT2D eigenvalue weighted by molar-refractivity contribution is 6.30. The SMILES string of the molecule is Oc1ccccc1CNc1ccccc1N=Nc1ccc(Cl)cc1. The van der Waals surface area contributed by atoms with Crippen molar-refractivity contribution in [1.29, 1.82) is 0 Å². The molecule has 0 radical (unpaired) electrons. The third-order valence-electron chi connectivity index (χ3n) is 3.46. The maximum atomic E-state index is 9.84. The Morgan fingerprint density at radius 3 is 2.33 bits per heavy atom. The highest BCUT2D eigenvalue weighted by Crippen LogP contribution is 2.28. The van der Waals surface area contributed by atoms with E-state index in [1.807, 2.05) is 48.5 Å². The molecule has 0 spiro atoms. The molecular formula is C19H16ClN3O. The Bertz CT molecular complexity index is 847. The van der Waals surface area contributed by atoms with Crippen molar-refractivity contribution in [3.63, 3.8) is 0 Å². The maximum Gasteiger partial charge on any atom is 0.120 e. The fraction of sp³-hybridized carbons (Fsp3) is 0.0526. The first kappa shape index (κ1) is 16.0. The number of phenolic OH excluding ortho intramolecular Hbond substituents is 1. The maximum absolute atomic E-state index is 9.84. The molecule has 24 heavy (non-hydrogen) atoms. The molecule has 5 heteroatoms. The zero-order valence-electron chi connectivity index (χ0n) is 12.9. The van der Waals surface area contributed by atoms with Gasteiger partial charge in [-0.1, -0.05) is 41.9 Å². The molecule has 0 aliphatic rings. The van der Waals surface area contributed by atoms with Crippen molar-refractivity contribution in [1.82, 2.24) is 0 Å². The van der Waals surface area contributed by atoms with Crippen molar-refractivity contribution in [2.75, 3.05) is 5.32 Å². The number of nitrogens with zero attached hydrogens (tertiary/aromatic N) is 2. The van der Waals surface area contributed by atoms with Gasteiger partial charge >= 0.3 is 0 Å². The molecule has 0 aliphatic heterocycles. The molecule has 0 saturated heterocycles. The number of aromatic hydroxyl groups is 1. The van der Waals surface area contributed by atoms with E-state index in [1.165, 1.54) is 0 Å². The molecule has 0 amide bonds. The molecular weight excluding hydrogens is 322 g/mol. The summed E-state index contributed by atoms with van der Waals surface area (Å²) < 4.78 is 0. The van der Waals surface area contributed by atoms with Crippen molar-refractivity contribution in [3.05, 3.63) is 83.4 Å². The minimum Gasteiger partial charge on any atom is -0.508 e. The van der Waals surface area contributed by atoms with Gasteiger partial charge in [-0.3, -0.25) is 0 Å². The van der Waals surface area contributed by atoms with Crippen LogP contribution < -0.4 is 5.32 Å². The first-order chi connectivity index (χ1) is 11.7. The number of phenols is 1. The number of hydrogen-bond donors (Lipinski definition) is 2. The smallest absolute Gasteiger partial charge is 0.120 e. The molecule has 0 unspecified atom stereocenters. The van der Waals surface area contributed by atoms with Gasteiger partial charge in [0.1, 0.15) is 11.4 Å². The van der Waals surface area contributed by atoms with Crippen LogP contribution in [0.3, 0.4) is 0 Å². The Balaban J connectivity index is 1.75. The van der Waals surface area contributed by atoms with Gasteiger partial charge in [0.25, 0.3) is 0 Å². The van der Waals surface area contributed by atoms with E-state index in [0.717, 1.165) is 22.6 Å². The third-order valence-corrected chi connectivity index (χ3v) is 3.72. The highest BCUT2D eigenvalue weighted by Gasteiger charge is 2.03. The first-order valence-electron chi connectivity index (χ1n) is 7.49. The second kappa shape index (κ2) is 7.62. The number of anilines is 1. The zero-order chi connectivity index (χ0) is 16.8. The molecule has 2 N–H and O–H groups in total. The number of para-hydroxylation sites is 2. The minimum absolute atomic E-state index is 0.269. The number of halogens is 1. The summed E-state index contributed by atoms with van der Waals surface area (Å²) >= 11 is 5.86. The topological polar surface area (TPSA) is 57.0 Å². The second-order valence-corrected chi connectivity index (χ2v) is 5.61. The lowest BCUT2D eigenvalue weighted by molar-refractivity contribution is 0.469. The number of nitrogens with one attached hydrogen (secondary N) is 1. The zero-order valence-corrected chi connectivity index (χ0v) is 13.6. The van der Waals surface area contributed by atoms with Crippen molar-refractivity contribution >= 4 is 28.7 Å². The van der Waals surface area contributed by atoms with Gasteiger partial charge in [-0.25, -0.2) is 0 Å². The summed E-state index contributed by atoms with van der Waals surface area (Å²) in [7, 11) is 0. The van der Waals surface area contributed by atoms with Gasteiger partial charge < -0.3 is 10.4 Å². The fourth-order valence-electron chi connectivity index (χ4n) is 2.18. The van der Waals surface area contributed by atoms with Crippen LogP contribution >= 0.6 is 11.6 Å². The Morgan fingerprint density at radius 1 is 0.833 bits per heavy atom. The Morgan fingerprint density at radius 2 is 1.54 bits per heavy atom. The third kappa shape index (κ3) is 4.12. The molecule has 0 atom stereocenters. The molecule has 0 saturated carbocycles. The minimum atomic E-state index is 0.269. The molecule has 0 bridgehead atoms. The van der Waals surface area contributed by atoms with Crippen LogP contribution in [-0.2, 0) is 6.54 Å². The molecule has 3 rings (SSSR count). The van der Waals surface area contributed by atoms with E-state index in [1.54, 1.807) is 24.3 Å². The molecule has 0 aromatic heterocycles. The van der Waals surface area contributed by atoms with Gasteiger partial charge in [0.2, 0.25) is 0 Å². The Kier molecular flexibility index (Phi) is 5.08. The standard InChI is InChI=1S/C19H16ClN3O/c20-15-9-11-16(12-10-15)22-23-18-7-3-2-6-17(18)21-13-14-5-1-4-8-19(14)24/h1-12,21,24H,13H2. The highest BCUT2D eigenvalue weighted by atomic mass is 35.5. The quantitative estimate of drug-likeness (QED) is 0.555. The van der Waals surface area contributed by atoms with Crippen LogP contribution in [0.15, 0.2) is 83.0 Å². The van der Waals surface area contributed by atoms with Gasteiger partial charge in [-0.15, -0.1) is 5.11 Å². The second-order valence-electron chi connectivity index (χ2n) is 5.18. The number of azo groups is 1. The van der Waals surface area contributed by atoms with Crippen molar-refractivity contribution in [3.8, 4) is 5.75 Å². The molecule has 4 nitrogen and oxygen atoms in total. The van der Waals surface area contributed by atoms with Gasteiger partial charge in [0, 0.05) is 17.1 Å². The van der Waals surface area contributed by atoms with Gasteiger partial charge in [-0.2, -0.15) is 5.11 Å². The number of benzene rings is 3. The lowest BCUT2D eigenvalue weighted by atomic mass is 10.2. The molecule has 0 heterocycles. The average molecular weight is 338 g/mol. The number of rotatable bonds is 5. The molecule has 120 valence electrons. The van der Waals surface area contributed by atoms with Crippen molar-refractivity contribution in [2.45, 2.75) is 6.54 Å². The van der Waals surface area contributed by atoms with Crippen LogP contribution in [-0.4, -0.2) is 5.11 Å². The summed E-state index contributed by atoms with van der Waals surface area (Å²) in [5.74, 6) is 0.269. The van der Waals surface area contributed by atoms with Crippen LogP contribution in [0.2, 0.25) is 5.02 Å². The number of hydrogen-bond acceptors (Lipinski definition) is 4. The normalized spacial score (nSPS) is 10.9. The summed E-state index contributed by atoms with van der Waals surface area (Å²) in [5.41, 5.74) is 3.12. The van der Waals surface area contributed by atoms with Gasteiger partial charge in [-0.05, 0) is 42.5 Å². The Hall–Kier alpha value is -2.85. The molecule has 0 aliphatic carbocycles. The lowest BCUT2D eigenvalue weighted by Gasteiger charge is -2.09. The summed E-state index contributed by atoms with van der Waals surface area (Å²) in [6, 6.07) is 22.0. The van der Waals surface area contributed by atoms with Crippen LogP contribution in [0.25, 0.3) is 0 Å². The van der Waals surface area contributed by atoms with Crippen LogP contribution in [0.1, 0.15) is 5.56 Å². The fourth-order valence-corrected chi connectivity index (χ4v) is 2.31. The van der Waals surface area contributed by atoms with E-state index >= 15 is 0 Å². The van der Waals surface area contributed by atoms with Crippen LogP contribution in [0.4, 0.5) is 17.1 Å². The van der Waals surface area contributed by atoms with Crippen molar-refractivity contribution < 1.29 is 5.11 Å². The van der Waals surface area contributed by atoms with E-state index in [-0.39, 0.29) is 5.75 Å². The van der Waals surface area contributed by atoms with E-state index in [9.17, 15) is 5.11 Å². The average Bonchev–Trinajstić information content (AvgIpc) is 2.61. The van der Waals surface area contributed by atoms with Gasteiger partial charge in [0.15, 0.2) is 0 Å². The monoisotopic (exact) mass is 337 g/mol. The summed E-state index contributed by atoms with van der Waals surface area (Å²) in [6.45, 7) is 0.500. The van der Waals surface area contributed by atoms with E-state index < -0.39 is 0 Å². The first-order valence-corrected chi connectivity index (χ1v) is 7.87. The van der Waals surface area contributed by atoms with Crippen LogP contribution in [0, 0.1) is 0 Å². The predicted molar refractivity (Wildman–Crippen MR) is 97.5 cm³/mol. The van der Waals surface area contributed by atoms with E-state index in [2.05, 4.69) is 15.5 Å². The summed E-state index contributed by atoms with van der Waals surface area (Å²) in [4.78, 5) is 0. The Labute approximate surface area is 145 Å². The molecule has 3 aromatic rings. The summed E-state index contributed by atoms with van der Waals surface area (Å²) in [5, 5.41) is 22.3. The van der Waals surface area contributed by atoms with Gasteiger partial charge in [0.05, 0.1) is 11.4 Å². The molecule has 3 aromatic carbocycles. The largest absolute Gasteiger partial charge is 0.508 e. The molecule has 0 fully saturated rings. The van der Waals surface area contributed by atoms with E-state index in [4.69, 9.17) is 11.6 Å². The summed E-state index contributed by atoms with van der Waals surface area (Å²) in [6.07, 6.45) is 0. The van der Waals surface area contributed by atoms with E-state index in [0.29, 0.717) is 11.6 Å². The van der Waals surface area contributed by atoms with Crippen LogP contribution in [0.5, 0.6) is 5.75 Å². The lowest BCUT2D eigenvalue weighted by Crippen LogP contribution is -1.99. The van der Waals surface area contributed by atoms with Crippen molar-refractivity contribution in [2.24, 2.45) is 10.2 Å².